The first kappa shape index (κ1) is 9.00. The van der Waals surface area contributed by atoms with Crippen LogP contribution in [0.2, 0.25) is 0 Å². The standard InChI is InChI=1S/C10H18N2O/c13-10(12-6-1-2-7-12)9-4-3-5-11-8-9/h9,11H,1-8H2/p+1/t9-/m0/s1. The molecule has 2 heterocycles. The van der Waals surface area contributed by atoms with Crippen LogP contribution in [0, 0.1) is 5.92 Å². The van der Waals surface area contributed by atoms with Gasteiger partial charge in [-0.1, -0.05) is 0 Å². The molecular formula is C10H19N2O+. The summed E-state index contributed by atoms with van der Waals surface area (Å²) in [4.78, 5) is 14.0. The van der Waals surface area contributed by atoms with Gasteiger partial charge in [-0.15, -0.1) is 0 Å². The summed E-state index contributed by atoms with van der Waals surface area (Å²) in [7, 11) is 0. The molecule has 0 aromatic heterocycles. The topological polar surface area (TPSA) is 36.9 Å². The molecule has 74 valence electrons. The van der Waals surface area contributed by atoms with Crippen molar-refractivity contribution in [3.63, 3.8) is 0 Å². The quantitative estimate of drug-likeness (QED) is 0.589. The van der Waals surface area contributed by atoms with Gasteiger partial charge in [-0.3, -0.25) is 4.79 Å². The molecule has 0 aromatic carbocycles. The van der Waals surface area contributed by atoms with Gasteiger partial charge in [0.05, 0.1) is 19.0 Å². The average Bonchev–Trinajstić information content (AvgIpc) is 2.71. The largest absolute Gasteiger partial charge is 0.346 e. The average molecular weight is 183 g/mol. The highest BCUT2D eigenvalue weighted by molar-refractivity contribution is 5.79. The minimum Gasteiger partial charge on any atom is -0.346 e. The second-order valence-corrected chi connectivity index (χ2v) is 4.18. The van der Waals surface area contributed by atoms with Gasteiger partial charge in [-0.2, -0.15) is 0 Å². The van der Waals surface area contributed by atoms with Crippen LogP contribution in [-0.4, -0.2) is 37.0 Å². The molecule has 3 nitrogen and oxygen atoms in total. The van der Waals surface area contributed by atoms with Crippen molar-refractivity contribution in [3.05, 3.63) is 0 Å². The van der Waals surface area contributed by atoms with Crippen molar-refractivity contribution in [2.75, 3.05) is 26.2 Å². The van der Waals surface area contributed by atoms with E-state index in [1.165, 1.54) is 25.8 Å². The number of carbonyl (C=O) groups is 1. The van der Waals surface area contributed by atoms with Crippen LogP contribution < -0.4 is 5.32 Å². The van der Waals surface area contributed by atoms with E-state index in [-0.39, 0.29) is 0 Å². The minimum atomic E-state index is 0.326. The number of rotatable bonds is 1. The monoisotopic (exact) mass is 183 g/mol. The second-order valence-electron chi connectivity index (χ2n) is 4.18. The fourth-order valence-electron chi connectivity index (χ4n) is 2.37. The molecule has 2 aliphatic rings. The molecule has 0 aromatic rings. The van der Waals surface area contributed by atoms with Crippen molar-refractivity contribution < 1.29 is 10.1 Å². The minimum absolute atomic E-state index is 0.326. The van der Waals surface area contributed by atoms with Crippen LogP contribution in [0.5, 0.6) is 0 Å². The Kier molecular flexibility index (Phi) is 2.83. The van der Waals surface area contributed by atoms with E-state index in [2.05, 4.69) is 10.2 Å². The molecular weight excluding hydrogens is 164 g/mol. The SMILES string of the molecule is O=C([C@H]1CCC[NH2+]C1)N1CCCC1. The van der Waals surface area contributed by atoms with Gasteiger partial charge >= 0.3 is 0 Å². The Morgan fingerprint density at radius 3 is 2.62 bits per heavy atom. The van der Waals surface area contributed by atoms with E-state index in [1.54, 1.807) is 0 Å². The van der Waals surface area contributed by atoms with E-state index in [0.717, 1.165) is 26.1 Å². The highest BCUT2D eigenvalue weighted by Gasteiger charge is 2.28. The maximum absolute atomic E-state index is 11.9. The van der Waals surface area contributed by atoms with Crippen LogP contribution in [-0.2, 0) is 4.79 Å². The molecule has 0 bridgehead atoms. The molecule has 0 aliphatic carbocycles. The highest BCUT2D eigenvalue weighted by atomic mass is 16.2. The fraction of sp³-hybridized carbons (Fsp3) is 0.900. The van der Waals surface area contributed by atoms with Crippen LogP contribution in [0.15, 0.2) is 0 Å². The number of carbonyl (C=O) groups excluding carboxylic acids is 1. The molecule has 0 saturated carbocycles. The number of hydrogen-bond donors (Lipinski definition) is 1. The van der Waals surface area contributed by atoms with E-state index in [0.29, 0.717) is 11.8 Å². The summed E-state index contributed by atoms with van der Waals surface area (Å²) < 4.78 is 0. The zero-order valence-corrected chi connectivity index (χ0v) is 8.17. The number of nitrogens with two attached hydrogens (primary N) is 1. The number of likely N-dealkylation sites (tertiary alicyclic amines) is 1. The zero-order valence-electron chi connectivity index (χ0n) is 8.17. The van der Waals surface area contributed by atoms with Gasteiger partial charge in [0.15, 0.2) is 0 Å². The smallest absolute Gasteiger partial charge is 0.231 e. The van der Waals surface area contributed by atoms with Crippen LogP contribution >= 0.6 is 0 Å². The van der Waals surface area contributed by atoms with Crippen molar-refractivity contribution in [3.8, 4) is 0 Å². The van der Waals surface area contributed by atoms with E-state index in [1.807, 2.05) is 0 Å². The first-order valence-electron chi connectivity index (χ1n) is 5.48. The van der Waals surface area contributed by atoms with Crippen LogP contribution in [0.3, 0.4) is 0 Å². The number of quaternary nitrogens is 1. The molecule has 2 saturated heterocycles. The Hall–Kier alpha value is -0.570. The number of amides is 1. The Bertz CT molecular complexity index is 181. The van der Waals surface area contributed by atoms with Crippen LogP contribution in [0.1, 0.15) is 25.7 Å². The summed E-state index contributed by atoms with van der Waals surface area (Å²) >= 11 is 0. The molecule has 13 heavy (non-hydrogen) atoms. The number of piperidine rings is 1. The molecule has 3 heteroatoms. The van der Waals surface area contributed by atoms with Crippen molar-refractivity contribution in [1.29, 1.82) is 0 Å². The lowest BCUT2D eigenvalue weighted by Crippen LogP contribution is -2.87. The lowest BCUT2D eigenvalue weighted by Gasteiger charge is -2.24. The third-order valence-electron chi connectivity index (χ3n) is 3.18. The van der Waals surface area contributed by atoms with Gasteiger partial charge in [0, 0.05) is 13.1 Å². The summed E-state index contributed by atoms with van der Waals surface area (Å²) in [5, 5.41) is 2.28. The van der Waals surface area contributed by atoms with Gasteiger partial charge in [-0.25, -0.2) is 0 Å². The molecule has 2 N–H and O–H groups in total. The summed E-state index contributed by atoms with van der Waals surface area (Å²) in [5.41, 5.74) is 0. The third-order valence-corrected chi connectivity index (χ3v) is 3.18. The van der Waals surface area contributed by atoms with Crippen molar-refractivity contribution >= 4 is 5.91 Å². The van der Waals surface area contributed by atoms with Gasteiger partial charge in [0.1, 0.15) is 0 Å². The fourth-order valence-corrected chi connectivity index (χ4v) is 2.37. The summed E-state index contributed by atoms with van der Waals surface area (Å²) in [6.45, 7) is 4.25. The normalized spacial score (nSPS) is 29.2. The van der Waals surface area contributed by atoms with Crippen molar-refractivity contribution in [1.82, 2.24) is 4.90 Å². The van der Waals surface area contributed by atoms with Crippen LogP contribution in [0.4, 0.5) is 0 Å². The van der Waals surface area contributed by atoms with Crippen LogP contribution in [0.25, 0.3) is 0 Å². The van der Waals surface area contributed by atoms with Crippen molar-refractivity contribution in [2.45, 2.75) is 25.7 Å². The molecule has 0 unspecified atom stereocenters. The molecule has 2 aliphatic heterocycles. The van der Waals surface area contributed by atoms with Gasteiger partial charge in [-0.05, 0) is 25.7 Å². The Morgan fingerprint density at radius 1 is 1.23 bits per heavy atom. The number of hydrogen-bond acceptors (Lipinski definition) is 1. The third kappa shape index (κ3) is 2.02. The predicted octanol–water partition coefficient (Wildman–Crippen LogP) is -0.418. The van der Waals surface area contributed by atoms with E-state index < -0.39 is 0 Å². The Labute approximate surface area is 79.5 Å². The van der Waals surface area contributed by atoms with Gasteiger partial charge in [0.2, 0.25) is 5.91 Å². The summed E-state index contributed by atoms with van der Waals surface area (Å²) in [6, 6.07) is 0. The summed E-state index contributed by atoms with van der Waals surface area (Å²) in [5.74, 6) is 0.750. The molecule has 0 radical (unpaired) electrons. The first-order chi connectivity index (χ1) is 6.38. The molecule has 0 spiro atoms. The lowest BCUT2D eigenvalue weighted by atomic mass is 9.98. The number of nitrogens with zero attached hydrogens (tertiary/aromatic N) is 1. The molecule has 2 fully saturated rings. The molecule has 1 atom stereocenters. The zero-order chi connectivity index (χ0) is 9.10. The van der Waals surface area contributed by atoms with E-state index in [4.69, 9.17) is 0 Å². The van der Waals surface area contributed by atoms with Gasteiger partial charge in [0.25, 0.3) is 0 Å². The van der Waals surface area contributed by atoms with E-state index in [9.17, 15) is 4.79 Å². The molecule has 2 rings (SSSR count). The lowest BCUT2D eigenvalue weighted by molar-refractivity contribution is -0.666. The Balaban J connectivity index is 1.87. The van der Waals surface area contributed by atoms with E-state index >= 15 is 0 Å². The predicted molar refractivity (Wildman–Crippen MR) is 50.2 cm³/mol. The van der Waals surface area contributed by atoms with Crippen molar-refractivity contribution in [2.24, 2.45) is 5.92 Å². The molecule has 1 amide bonds. The maximum Gasteiger partial charge on any atom is 0.231 e. The second kappa shape index (κ2) is 4.09. The highest BCUT2D eigenvalue weighted by Crippen LogP contribution is 2.15. The maximum atomic E-state index is 11.9. The summed E-state index contributed by atoms with van der Waals surface area (Å²) in [6.07, 6.45) is 4.75. The first-order valence-corrected chi connectivity index (χ1v) is 5.48. The van der Waals surface area contributed by atoms with Gasteiger partial charge < -0.3 is 10.2 Å². The Morgan fingerprint density at radius 2 is 2.00 bits per heavy atom.